The molecular weight excluding hydrogens is 198 g/mol. The standard InChI is InChI=1S/C13H11N3/c14-9-10-5-1-3-7-12(10)16-13-8-4-2-6-11(13)15/h1-8,16H,15H2. The van der Waals surface area contributed by atoms with Crippen molar-refractivity contribution in [3.63, 3.8) is 0 Å². The lowest BCUT2D eigenvalue weighted by atomic mass is 10.2. The zero-order chi connectivity index (χ0) is 11.4. The molecule has 0 aromatic heterocycles. The zero-order valence-corrected chi connectivity index (χ0v) is 8.64. The van der Waals surface area contributed by atoms with Gasteiger partial charge in [0.15, 0.2) is 0 Å². The largest absolute Gasteiger partial charge is 0.397 e. The van der Waals surface area contributed by atoms with Crippen molar-refractivity contribution >= 4 is 17.1 Å². The lowest BCUT2D eigenvalue weighted by Crippen LogP contribution is -1.97. The maximum absolute atomic E-state index is 8.94. The monoisotopic (exact) mass is 209 g/mol. The van der Waals surface area contributed by atoms with E-state index in [1.54, 1.807) is 6.07 Å². The van der Waals surface area contributed by atoms with E-state index in [9.17, 15) is 0 Å². The summed E-state index contributed by atoms with van der Waals surface area (Å²) >= 11 is 0. The normalized spacial score (nSPS) is 9.44. The molecule has 0 atom stereocenters. The third-order valence-electron chi connectivity index (χ3n) is 2.28. The summed E-state index contributed by atoms with van der Waals surface area (Å²) in [5.74, 6) is 0. The van der Waals surface area contributed by atoms with Crippen LogP contribution in [-0.4, -0.2) is 0 Å². The number of hydrogen-bond acceptors (Lipinski definition) is 3. The predicted molar refractivity (Wildman–Crippen MR) is 65.3 cm³/mol. The fourth-order valence-corrected chi connectivity index (χ4v) is 1.45. The molecule has 2 aromatic rings. The first-order chi connectivity index (χ1) is 7.81. The molecule has 0 heterocycles. The van der Waals surface area contributed by atoms with E-state index in [-0.39, 0.29) is 0 Å². The van der Waals surface area contributed by atoms with Crippen molar-refractivity contribution in [2.24, 2.45) is 0 Å². The molecule has 0 saturated carbocycles. The van der Waals surface area contributed by atoms with Crippen LogP contribution < -0.4 is 11.1 Å². The van der Waals surface area contributed by atoms with Crippen LogP contribution in [0.4, 0.5) is 17.1 Å². The topological polar surface area (TPSA) is 61.8 Å². The van der Waals surface area contributed by atoms with Crippen molar-refractivity contribution in [3.8, 4) is 6.07 Å². The molecule has 0 aliphatic rings. The highest BCUT2D eigenvalue weighted by molar-refractivity contribution is 5.74. The molecule has 0 saturated heterocycles. The second kappa shape index (κ2) is 4.37. The average Bonchev–Trinajstić information content (AvgIpc) is 2.33. The smallest absolute Gasteiger partial charge is 0.101 e. The molecule has 0 fully saturated rings. The molecule has 0 spiro atoms. The van der Waals surface area contributed by atoms with E-state index >= 15 is 0 Å². The van der Waals surface area contributed by atoms with Gasteiger partial charge in [0, 0.05) is 0 Å². The number of benzene rings is 2. The van der Waals surface area contributed by atoms with Crippen molar-refractivity contribution in [2.45, 2.75) is 0 Å². The Bertz CT molecular complexity index is 541. The van der Waals surface area contributed by atoms with Crippen LogP contribution in [0.3, 0.4) is 0 Å². The van der Waals surface area contributed by atoms with Crippen molar-refractivity contribution in [1.29, 1.82) is 5.26 Å². The summed E-state index contributed by atoms with van der Waals surface area (Å²) in [6.45, 7) is 0. The minimum absolute atomic E-state index is 0.603. The molecule has 0 amide bonds. The summed E-state index contributed by atoms with van der Waals surface area (Å²) in [6.07, 6.45) is 0. The molecule has 0 unspecified atom stereocenters. The molecule has 3 N–H and O–H groups in total. The molecule has 16 heavy (non-hydrogen) atoms. The highest BCUT2D eigenvalue weighted by Gasteiger charge is 2.02. The van der Waals surface area contributed by atoms with Crippen LogP contribution in [-0.2, 0) is 0 Å². The van der Waals surface area contributed by atoms with Crippen molar-refractivity contribution < 1.29 is 0 Å². The number of nitrogens with zero attached hydrogens (tertiary/aromatic N) is 1. The third kappa shape index (κ3) is 1.96. The quantitative estimate of drug-likeness (QED) is 0.747. The minimum atomic E-state index is 0.603. The summed E-state index contributed by atoms with van der Waals surface area (Å²) in [6, 6.07) is 16.9. The Morgan fingerprint density at radius 2 is 1.56 bits per heavy atom. The van der Waals surface area contributed by atoms with Gasteiger partial charge in [-0.2, -0.15) is 5.26 Å². The first-order valence-corrected chi connectivity index (χ1v) is 4.92. The Hall–Kier alpha value is -2.47. The third-order valence-corrected chi connectivity index (χ3v) is 2.28. The van der Waals surface area contributed by atoms with Gasteiger partial charge in [-0.1, -0.05) is 24.3 Å². The van der Waals surface area contributed by atoms with Gasteiger partial charge in [0.1, 0.15) is 6.07 Å². The fourth-order valence-electron chi connectivity index (χ4n) is 1.45. The van der Waals surface area contributed by atoms with Gasteiger partial charge in [-0.05, 0) is 24.3 Å². The molecule has 0 aliphatic heterocycles. The number of rotatable bonds is 2. The summed E-state index contributed by atoms with van der Waals surface area (Å²) in [7, 11) is 0. The van der Waals surface area contributed by atoms with Gasteiger partial charge in [0.25, 0.3) is 0 Å². The summed E-state index contributed by atoms with van der Waals surface area (Å²) in [5.41, 5.74) is 8.66. The molecule has 2 aromatic carbocycles. The Labute approximate surface area is 94.1 Å². The average molecular weight is 209 g/mol. The Balaban J connectivity index is 2.35. The van der Waals surface area contributed by atoms with Crippen LogP contribution in [0.1, 0.15) is 5.56 Å². The zero-order valence-electron chi connectivity index (χ0n) is 8.64. The van der Waals surface area contributed by atoms with Crippen molar-refractivity contribution in [1.82, 2.24) is 0 Å². The summed E-state index contributed by atoms with van der Waals surface area (Å²) < 4.78 is 0. The Morgan fingerprint density at radius 1 is 0.938 bits per heavy atom. The molecule has 3 nitrogen and oxygen atoms in total. The molecule has 0 radical (unpaired) electrons. The van der Waals surface area contributed by atoms with Crippen LogP contribution in [0, 0.1) is 11.3 Å². The lowest BCUT2D eigenvalue weighted by molar-refractivity contribution is 1.46. The number of nitrogens with one attached hydrogen (secondary N) is 1. The number of nitrogen functional groups attached to an aromatic ring is 1. The number of hydrogen-bond donors (Lipinski definition) is 2. The van der Waals surface area contributed by atoms with Gasteiger partial charge < -0.3 is 11.1 Å². The van der Waals surface area contributed by atoms with Crippen LogP contribution in [0.25, 0.3) is 0 Å². The first kappa shape index (κ1) is 10.1. The van der Waals surface area contributed by atoms with Crippen LogP contribution in [0.15, 0.2) is 48.5 Å². The van der Waals surface area contributed by atoms with E-state index < -0.39 is 0 Å². The summed E-state index contributed by atoms with van der Waals surface area (Å²) in [5, 5.41) is 12.1. The molecule has 0 bridgehead atoms. The molecular formula is C13H11N3. The van der Waals surface area contributed by atoms with Crippen LogP contribution in [0.5, 0.6) is 0 Å². The fraction of sp³-hybridized carbons (Fsp3) is 0. The van der Waals surface area contributed by atoms with E-state index in [1.165, 1.54) is 0 Å². The molecule has 0 aliphatic carbocycles. The van der Waals surface area contributed by atoms with Gasteiger partial charge in [-0.25, -0.2) is 0 Å². The van der Waals surface area contributed by atoms with E-state index in [0.29, 0.717) is 11.3 Å². The van der Waals surface area contributed by atoms with Crippen LogP contribution >= 0.6 is 0 Å². The maximum Gasteiger partial charge on any atom is 0.101 e. The molecule has 3 heteroatoms. The highest BCUT2D eigenvalue weighted by Crippen LogP contribution is 2.24. The van der Waals surface area contributed by atoms with Crippen molar-refractivity contribution in [2.75, 3.05) is 11.1 Å². The first-order valence-electron chi connectivity index (χ1n) is 4.92. The van der Waals surface area contributed by atoms with E-state index in [4.69, 9.17) is 11.0 Å². The summed E-state index contributed by atoms with van der Waals surface area (Å²) in [4.78, 5) is 0. The number of nitriles is 1. The second-order valence-electron chi connectivity index (χ2n) is 3.37. The maximum atomic E-state index is 8.94. The highest BCUT2D eigenvalue weighted by atomic mass is 14.9. The lowest BCUT2D eigenvalue weighted by Gasteiger charge is -2.09. The Morgan fingerprint density at radius 3 is 2.25 bits per heavy atom. The van der Waals surface area contributed by atoms with Gasteiger partial charge in [-0.15, -0.1) is 0 Å². The van der Waals surface area contributed by atoms with Gasteiger partial charge in [-0.3, -0.25) is 0 Å². The second-order valence-corrected chi connectivity index (χ2v) is 3.37. The van der Waals surface area contributed by atoms with Gasteiger partial charge in [0.05, 0.1) is 22.6 Å². The van der Waals surface area contributed by atoms with Gasteiger partial charge >= 0.3 is 0 Å². The minimum Gasteiger partial charge on any atom is -0.397 e. The van der Waals surface area contributed by atoms with E-state index in [0.717, 1.165) is 11.4 Å². The number of para-hydroxylation sites is 3. The van der Waals surface area contributed by atoms with E-state index in [2.05, 4.69) is 11.4 Å². The predicted octanol–water partition coefficient (Wildman–Crippen LogP) is 2.88. The van der Waals surface area contributed by atoms with Gasteiger partial charge in [0.2, 0.25) is 0 Å². The number of anilines is 3. The Kier molecular flexibility index (Phi) is 2.75. The SMILES string of the molecule is N#Cc1ccccc1Nc1ccccc1N. The molecule has 78 valence electrons. The van der Waals surface area contributed by atoms with Crippen molar-refractivity contribution in [3.05, 3.63) is 54.1 Å². The van der Waals surface area contributed by atoms with Crippen LogP contribution in [0.2, 0.25) is 0 Å². The van der Waals surface area contributed by atoms with E-state index in [1.807, 2.05) is 42.5 Å². The number of nitrogens with two attached hydrogens (primary N) is 1. The molecule has 2 rings (SSSR count).